The summed E-state index contributed by atoms with van der Waals surface area (Å²) in [6, 6.07) is 5.31. The van der Waals surface area contributed by atoms with Crippen molar-refractivity contribution in [2.75, 3.05) is 23.3 Å². The zero-order valence-electron chi connectivity index (χ0n) is 23.7. The number of carbonyl (C=O) groups excluding carboxylic acids is 2. The highest BCUT2D eigenvalue weighted by Gasteiger charge is 2.40. The standard InChI is InChI=1S/C30H34FN7O3/c1-18-15-37-16-19(13-24(31)27(37)34-18)35-28(39)22-7-8-25(23-14-32-17-33-26(22)23)36-11-9-21(10-12-36)38(20-5-6-20)29(40)41-30(2,3)4/h7-8,13-17,20-21H,5-6,9-12H2,1-4H3,(H,35,39). The zero-order valence-corrected chi connectivity index (χ0v) is 23.7. The van der Waals surface area contributed by atoms with E-state index < -0.39 is 17.3 Å². The van der Waals surface area contributed by atoms with Gasteiger partial charge in [0, 0.05) is 60.9 Å². The minimum Gasteiger partial charge on any atom is -0.444 e. The van der Waals surface area contributed by atoms with E-state index in [1.807, 2.05) is 31.7 Å². The summed E-state index contributed by atoms with van der Waals surface area (Å²) in [6.07, 6.45) is 9.92. The Morgan fingerprint density at radius 3 is 2.54 bits per heavy atom. The summed E-state index contributed by atoms with van der Waals surface area (Å²) in [5.74, 6) is -0.916. The minimum absolute atomic E-state index is 0.123. The highest BCUT2D eigenvalue weighted by molar-refractivity contribution is 6.13. The van der Waals surface area contributed by atoms with Crippen LogP contribution in [0.15, 0.2) is 43.1 Å². The summed E-state index contributed by atoms with van der Waals surface area (Å²) in [5, 5.41) is 3.56. The fraction of sp³-hybridized carbons (Fsp3) is 0.433. The first-order valence-corrected chi connectivity index (χ1v) is 14.0. The molecule has 2 amide bonds. The largest absolute Gasteiger partial charge is 0.444 e. The summed E-state index contributed by atoms with van der Waals surface area (Å²) >= 11 is 0. The Morgan fingerprint density at radius 2 is 1.83 bits per heavy atom. The second-order valence-electron chi connectivity index (χ2n) is 11.9. The number of halogens is 1. The maximum atomic E-state index is 14.6. The molecule has 0 radical (unpaired) electrons. The van der Waals surface area contributed by atoms with Crippen LogP contribution in [-0.2, 0) is 4.74 Å². The van der Waals surface area contributed by atoms with Gasteiger partial charge in [-0.1, -0.05) is 0 Å². The Morgan fingerprint density at radius 1 is 1.10 bits per heavy atom. The number of nitrogens with one attached hydrogen (secondary N) is 1. The predicted molar refractivity (Wildman–Crippen MR) is 154 cm³/mol. The molecule has 3 aromatic heterocycles. The zero-order chi connectivity index (χ0) is 28.9. The topological polar surface area (TPSA) is 105 Å². The molecule has 6 rings (SSSR count). The molecule has 1 aliphatic heterocycles. The lowest BCUT2D eigenvalue weighted by molar-refractivity contribution is 0.0114. The molecule has 4 heterocycles. The van der Waals surface area contributed by atoms with Crippen molar-refractivity contribution < 1.29 is 18.7 Å². The molecule has 10 nitrogen and oxygen atoms in total. The van der Waals surface area contributed by atoms with Crippen LogP contribution in [0.3, 0.4) is 0 Å². The normalized spacial score (nSPS) is 16.3. The molecule has 1 aliphatic carbocycles. The summed E-state index contributed by atoms with van der Waals surface area (Å²) in [5.41, 5.74) is 2.50. The van der Waals surface area contributed by atoms with Gasteiger partial charge in [0.2, 0.25) is 0 Å². The van der Waals surface area contributed by atoms with Gasteiger partial charge in [0.15, 0.2) is 11.5 Å². The van der Waals surface area contributed by atoms with Crippen LogP contribution in [0.2, 0.25) is 0 Å². The summed E-state index contributed by atoms with van der Waals surface area (Å²) < 4.78 is 21.9. The van der Waals surface area contributed by atoms with Crippen molar-refractivity contribution >= 4 is 39.9 Å². The number of ether oxygens (including phenoxy) is 1. The van der Waals surface area contributed by atoms with Crippen molar-refractivity contribution in [1.82, 2.24) is 24.3 Å². The Bertz CT molecular complexity index is 1630. The number of carbonyl (C=O) groups is 2. The minimum atomic E-state index is -0.530. The van der Waals surface area contributed by atoms with Gasteiger partial charge in [-0.25, -0.2) is 24.1 Å². The number of imidazole rings is 1. The molecule has 4 aromatic rings. The lowest BCUT2D eigenvalue weighted by atomic mass is 10.0. The van der Waals surface area contributed by atoms with Gasteiger partial charge in [0.05, 0.1) is 22.5 Å². The van der Waals surface area contributed by atoms with Crippen LogP contribution < -0.4 is 10.2 Å². The molecule has 214 valence electrons. The van der Waals surface area contributed by atoms with Gasteiger partial charge < -0.3 is 24.3 Å². The summed E-state index contributed by atoms with van der Waals surface area (Å²) in [4.78, 5) is 43.4. The Balaban J connectivity index is 1.20. The third-order valence-corrected chi connectivity index (χ3v) is 7.52. The van der Waals surface area contributed by atoms with Gasteiger partial charge in [-0.05, 0) is 65.5 Å². The van der Waals surface area contributed by atoms with E-state index in [9.17, 15) is 14.0 Å². The molecular weight excluding hydrogens is 525 g/mol. The third kappa shape index (κ3) is 5.53. The van der Waals surface area contributed by atoms with Crippen molar-refractivity contribution in [3.8, 4) is 0 Å². The van der Waals surface area contributed by atoms with Crippen LogP contribution in [-0.4, -0.2) is 67.0 Å². The number of aromatic nitrogens is 4. The van der Waals surface area contributed by atoms with E-state index in [0.29, 0.717) is 22.5 Å². The number of piperidine rings is 1. The van der Waals surface area contributed by atoms with Crippen molar-refractivity contribution in [3.63, 3.8) is 0 Å². The quantitative estimate of drug-likeness (QED) is 0.352. The number of hydrogen-bond donors (Lipinski definition) is 1. The van der Waals surface area contributed by atoms with Gasteiger partial charge in [0.1, 0.15) is 11.9 Å². The van der Waals surface area contributed by atoms with Crippen LogP contribution in [0.4, 0.5) is 20.6 Å². The summed E-state index contributed by atoms with van der Waals surface area (Å²) in [7, 11) is 0. The Kier molecular flexibility index (Phi) is 6.75. The van der Waals surface area contributed by atoms with E-state index in [1.165, 1.54) is 12.4 Å². The third-order valence-electron chi connectivity index (χ3n) is 7.52. The molecule has 1 saturated carbocycles. The second kappa shape index (κ2) is 10.3. The molecule has 2 fully saturated rings. The first kappa shape index (κ1) is 26.9. The van der Waals surface area contributed by atoms with Crippen LogP contribution in [0.1, 0.15) is 62.5 Å². The monoisotopic (exact) mass is 559 g/mol. The number of aryl methyl sites for hydroxylation is 1. The Labute approximate surface area is 237 Å². The first-order valence-electron chi connectivity index (χ1n) is 14.0. The molecule has 0 unspecified atom stereocenters. The highest BCUT2D eigenvalue weighted by Crippen LogP contribution is 2.36. The number of pyridine rings is 1. The molecule has 41 heavy (non-hydrogen) atoms. The van der Waals surface area contributed by atoms with Crippen molar-refractivity contribution in [1.29, 1.82) is 0 Å². The average Bonchev–Trinajstić information content (AvgIpc) is 3.67. The molecule has 0 spiro atoms. The molecule has 2 aliphatic rings. The smallest absolute Gasteiger partial charge is 0.410 e. The second-order valence-corrected chi connectivity index (χ2v) is 11.9. The molecule has 0 bridgehead atoms. The van der Waals surface area contributed by atoms with E-state index in [1.54, 1.807) is 36.0 Å². The van der Waals surface area contributed by atoms with E-state index in [-0.39, 0.29) is 23.8 Å². The molecule has 1 saturated heterocycles. The van der Waals surface area contributed by atoms with E-state index in [0.717, 1.165) is 49.8 Å². The van der Waals surface area contributed by atoms with Crippen molar-refractivity contribution in [3.05, 3.63) is 60.2 Å². The van der Waals surface area contributed by atoms with Crippen molar-refractivity contribution in [2.24, 2.45) is 0 Å². The summed E-state index contributed by atoms with van der Waals surface area (Å²) in [6.45, 7) is 8.96. The SMILES string of the molecule is Cc1cn2cc(NC(=O)c3ccc(N4CCC(N(C(=O)OC(C)(C)C)C5CC5)CC4)c4cncnc34)cc(F)c2n1. The van der Waals surface area contributed by atoms with Crippen LogP contribution in [0.25, 0.3) is 16.6 Å². The molecule has 1 N–H and O–H groups in total. The highest BCUT2D eigenvalue weighted by atomic mass is 19.1. The van der Waals surface area contributed by atoms with Gasteiger partial charge in [-0.2, -0.15) is 0 Å². The predicted octanol–water partition coefficient (Wildman–Crippen LogP) is 5.35. The first-order chi connectivity index (χ1) is 19.6. The molecule has 0 atom stereocenters. The fourth-order valence-electron chi connectivity index (χ4n) is 5.62. The van der Waals surface area contributed by atoms with Gasteiger partial charge in [-0.15, -0.1) is 0 Å². The number of rotatable bonds is 5. The number of hydrogen-bond acceptors (Lipinski definition) is 7. The van der Waals surface area contributed by atoms with Crippen LogP contribution in [0.5, 0.6) is 0 Å². The fourth-order valence-corrected chi connectivity index (χ4v) is 5.62. The van der Waals surface area contributed by atoms with Crippen LogP contribution in [0, 0.1) is 12.7 Å². The van der Waals surface area contributed by atoms with E-state index in [2.05, 4.69) is 25.2 Å². The lowest BCUT2D eigenvalue weighted by Crippen LogP contribution is -2.50. The number of anilines is 2. The lowest BCUT2D eigenvalue weighted by Gasteiger charge is -2.40. The maximum Gasteiger partial charge on any atom is 0.410 e. The maximum absolute atomic E-state index is 14.6. The average molecular weight is 560 g/mol. The molecule has 11 heteroatoms. The van der Waals surface area contributed by atoms with Gasteiger partial charge >= 0.3 is 6.09 Å². The number of fused-ring (bicyclic) bond motifs is 2. The van der Waals surface area contributed by atoms with E-state index >= 15 is 0 Å². The van der Waals surface area contributed by atoms with Gasteiger partial charge in [-0.3, -0.25) is 4.79 Å². The van der Waals surface area contributed by atoms with Gasteiger partial charge in [0.25, 0.3) is 5.91 Å². The van der Waals surface area contributed by atoms with Crippen LogP contribution >= 0.6 is 0 Å². The van der Waals surface area contributed by atoms with Crippen molar-refractivity contribution in [2.45, 2.75) is 71.1 Å². The molecule has 1 aromatic carbocycles. The number of amides is 2. The van der Waals surface area contributed by atoms with E-state index in [4.69, 9.17) is 4.74 Å². The molecular formula is C30H34FN7O3. The number of nitrogens with zero attached hydrogens (tertiary/aromatic N) is 6. The number of benzene rings is 1. The Hall–Kier alpha value is -4.28.